The number of furan rings is 1. The van der Waals surface area contributed by atoms with E-state index in [-0.39, 0.29) is 11.7 Å². The maximum atomic E-state index is 12.4. The molecule has 2 heterocycles. The molecule has 4 aromatic rings. The van der Waals surface area contributed by atoms with Gasteiger partial charge in [0.05, 0.1) is 5.75 Å². The summed E-state index contributed by atoms with van der Waals surface area (Å²) in [6.45, 7) is 4.64. The van der Waals surface area contributed by atoms with Gasteiger partial charge in [-0.1, -0.05) is 43.6 Å². The van der Waals surface area contributed by atoms with Crippen LogP contribution < -0.4 is 5.32 Å². The molecule has 0 aliphatic heterocycles. The highest BCUT2D eigenvalue weighted by atomic mass is 79.9. The first-order chi connectivity index (χ1) is 14.4. The third kappa shape index (κ3) is 4.48. The number of halogens is 2. The Morgan fingerprint density at radius 1 is 1.13 bits per heavy atom. The van der Waals surface area contributed by atoms with Crippen LogP contribution in [0.2, 0.25) is 0 Å². The van der Waals surface area contributed by atoms with E-state index in [9.17, 15) is 4.79 Å². The van der Waals surface area contributed by atoms with E-state index in [1.165, 1.54) is 11.8 Å². The van der Waals surface area contributed by atoms with Crippen LogP contribution in [0.25, 0.3) is 22.6 Å². The molecular weight excluding hydrogens is 532 g/mol. The molecule has 30 heavy (non-hydrogen) atoms. The van der Waals surface area contributed by atoms with Gasteiger partial charge in [-0.2, -0.15) is 0 Å². The molecule has 0 unspecified atom stereocenters. The van der Waals surface area contributed by atoms with E-state index in [0.717, 1.165) is 31.2 Å². The van der Waals surface area contributed by atoms with Crippen molar-refractivity contribution in [2.45, 2.75) is 25.5 Å². The molecular formula is C21H18Br2N4O2S. The fraction of sp³-hybridized carbons (Fsp3) is 0.190. The zero-order valence-corrected chi connectivity index (χ0v) is 20.3. The highest BCUT2D eigenvalue weighted by Gasteiger charge is 2.18. The normalized spacial score (nSPS) is 11.2. The van der Waals surface area contributed by atoms with Crippen molar-refractivity contribution in [2.24, 2.45) is 0 Å². The van der Waals surface area contributed by atoms with Crippen LogP contribution in [-0.4, -0.2) is 26.4 Å². The number of thioether (sulfide) groups is 1. The highest BCUT2D eigenvalue weighted by Crippen LogP contribution is 2.31. The summed E-state index contributed by atoms with van der Waals surface area (Å²) in [4.78, 5) is 12.4. The number of hydrogen-bond acceptors (Lipinski definition) is 5. The first-order valence-electron chi connectivity index (χ1n) is 9.26. The lowest BCUT2D eigenvalue weighted by Crippen LogP contribution is -2.15. The third-order valence-corrected chi connectivity index (χ3v) is 6.48. The van der Waals surface area contributed by atoms with Gasteiger partial charge in [-0.25, -0.2) is 0 Å². The zero-order chi connectivity index (χ0) is 21.3. The summed E-state index contributed by atoms with van der Waals surface area (Å²) in [7, 11) is 0. The fourth-order valence-electron chi connectivity index (χ4n) is 3.07. The monoisotopic (exact) mass is 548 g/mol. The largest absolute Gasteiger partial charge is 0.453 e. The summed E-state index contributed by atoms with van der Waals surface area (Å²) in [5.74, 6) is 1.45. The second kappa shape index (κ2) is 8.95. The van der Waals surface area contributed by atoms with E-state index in [2.05, 4.69) is 47.4 Å². The number of anilines is 1. The Hall–Kier alpha value is -2.10. The van der Waals surface area contributed by atoms with Crippen molar-refractivity contribution in [3.8, 4) is 11.6 Å². The molecule has 0 bridgehead atoms. The number of fused-ring (bicyclic) bond motifs is 1. The second-order valence-corrected chi connectivity index (χ2v) is 9.41. The van der Waals surface area contributed by atoms with Crippen molar-refractivity contribution in [3.63, 3.8) is 0 Å². The van der Waals surface area contributed by atoms with E-state index in [1.807, 2.05) is 60.9 Å². The number of hydrogen-bond donors (Lipinski definition) is 1. The van der Waals surface area contributed by atoms with Crippen LogP contribution in [0.15, 0.2) is 61.0 Å². The number of carbonyl (C=O) groups is 1. The topological polar surface area (TPSA) is 73.0 Å². The van der Waals surface area contributed by atoms with Gasteiger partial charge in [0.1, 0.15) is 5.58 Å². The molecule has 0 aliphatic carbocycles. The van der Waals surface area contributed by atoms with Gasteiger partial charge >= 0.3 is 0 Å². The Balaban J connectivity index is 1.49. The maximum Gasteiger partial charge on any atom is 0.234 e. The highest BCUT2D eigenvalue weighted by molar-refractivity contribution is 9.10. The molecule has 0 atom stereocenters. The Bertz CT molecular complexity index is 1240. The lowest BCUT2D eigenvalue weighted by atomic mass is 10.2. The van der Waals surface area contributed by atoms with Crippen LogP contribution in [0.3, 0.4) is 0 Å². The van der Waals surface area contributed by atoms with Gasteiger partial charge < -0.3 is 9.73 Å². The van der Waals surface area contributed by atoms with Gasteiger partial charge in [0.2, 0.25) is 11.7 Å². The van der Waals surface area contributed by atoms with Gasteiger partial charge in [-0.15, -0.1) is 10.2 Å². The van der Waals surface area contributed by atoms with Crippen LogP contribution >= 0.6 is 43.6 Å². The number of benzene rings is 2. The average molecular weight is 550 g/mol. The van der Waals surface area contributed by atoms with Crippen LogP contribution in [0.5, 0.6) is 0 Å². The number of nitrogens with one attached hydrogen (secondary N) is 1. The van der Waals surface area contributed by atoms with Crippen molar-refractivity contribution < 1.29 is 9.21 Å². The Morgan fingerprint density at radius 3 is 2.67 bits per heavy atom. The fourth-order valence-corrected chi connectivity index (χ4v) is 4.73. The number of rotatable bonds is 6. The lowest BCUT2D eigenvalue weighted by Gasteiger charge is -2.09. The lowest BCUT2D eigenvalue weighted by molar-refractivity contribution is -0.113. The molecule has 2 aromatic heterocycles. The second-order valence-electron chi connectivity index (χ2n) is 6.64. The minimum atomic E-state index is -0.0915. The Kier molecular flexibility index (Phi) is 6.31. The molecule has 0 saturated carbocycles. The van der Waals surface area contributed by atoms with Crippen LogP contribution in [-0.2, 0) is 11.3 Å². The predicted octanol–water partition coefficient (Wildman–Crippen LogP) is 6.28. The molecule has 6 nitrogen and oxygen atoms in total. The minimum Gasteiger partial charge on any atom is -0.453 e. The Morgan fingerprint density at radius 2 is 1.90 bits per heavy atom. The zero-order valence-electron chi connectivity index (χ0n) is 16.3. The summed E-state index contributed by atoms with van der Waals surface area (Å²) < 4.78 is 9.88. The molecule has 0 aliphatic rings. The quantitative estimate of drug-likeness (QED) is 0.287. The Labute approximate surface area is 194 Å². The first kappa shape index (κ1) is 21.1. The van der Waals surface area contributed by atoms with Crippen LogP contribution in [0.1, 0.15) is 12.5 Å². The van der Waals surface area contributed by atoms with Gasteiger partial charge in [-0.05, 0) is 61.9 Å². The minimum absolute atomic E-state index is 0.0915. The molecule has 0 fully saturated rings. The molecule has 154 valence electrons. The number of aryl methyl sites for hydroxylation is 1. The summed E-state index contributed by atoms with van der Waals surface area (Å²) >= 11 is 8.26. The van der Waals surface area contributed by atoms with E-state index in [1.54, 1.807) is 0 Å². The molecule has 9 heteroatoms. The number of aromatic nitrogens is 3. The molecule has 1 N–H and O–H groups in total. The van der Waals surface area contributed by atoms with Crippen molar-refractivity contribution in [3.05, 3.63) is 57.0 Å². The summed E-state index contributed by atoms with van der Waals surface area (Å²) in [6, 6.07) is 13.6. The average Bonchev–Trinajstić information content (AvgIpc) is 3.31. The maximum absolute atomic E-state index is 12.4. The summed E-state index contributed by atoms with van der Waals surface area (Å²) in [5.41, 5.74) is 2.59. The SMILES string of the molecule is CCn1c(SCC(=O)Nc2ccc(Br)cc2C)nnc1-c1cc2cc(Br)ccc2o1. The van der Waals surface area contributed by atoms with E-state index < -0.39 is 0 Å². The number of nitrogens with zero attached hydrogens (tertiary/aromatic N) is 3. The van der Waals surface area contributed by atoms with Gasteiger partial charge in [0.15, 0.2) is 10.9 Å². The van der Waals surface area contributed by atoms with Gasteiger partial charge in [-0.3, -0.25) is 9.36 Å². The summed E-state index contributed by atoms with van der Waals surface area (Å²) in [5, 5.41) is 13.2. The van der Waals surface area contributed by atoms with Crippen LogP contribution in [0, 0.1) is 6.92 Å². The number of amides is 1. The van der Waals surface area contributed by atoms with Gasteiger partial charge in [0.25, 0.3) is 0 Å². The van der Waals surface area contributed by atoms with E-state index >= 15 is 0 Å². The van der Waals surface area contributed by atoms with Crippen molar-refractivity contribution in [1.82, 2.24) is 14.8 Å². The first-order valence-corrected chi connectivity index (χ1v) is 11.8. The molecule has 0 radical (unpaired) electrons. The van der Waals surface area contributed by atoms with E-state index in [0.29, 0.717) is 23.3 Å². The van der Waals surface area contributed by atoms with Crippen molar-refractivity contribution in [1.29, 1.82) is 0 Å². The molecule has 0 saturated heterocycles. The summed E-state index contributed by atoms with van der Waals surface area (Å²) in [6.07, 6.45) is 0. The van der Waals surface area contributed by atoms with Gasteiger partial charge in [0, 0.05) is 26.6 Å². The van der Waals surface area contributed by atoms with Crippen molar-refractivity contribution >= 4 is 66.2 Å². The molecule has 4 rings (SSSR count). The number of carbonyl (C=O) groups excluding carboxylic acids is 1. The van der Waals surface area contributed by atoms with E-state index in [4.69, 9.17) is 4.42 Å². The van der Waals surface area contributed by atoms with Crippen molar-refractivity contribution in [2.75, 3.05) is 11.1 Å². The smallest absolute Gasteiger partial charge is 0.234 e. The molecule has 0 spiro atoms. The molecule has 2 aromatic carbocycles. The standard InChI is InChI=1S/C21H18Br2N4O2S/c1-3-27-20(18-10-13-9-15(23)5-7-17(13)29-18)25-26-21(27)30-11-19(28)24-16-6-4-14(22)8-12(16)2/h4-10H,3,11H2,1-2H3,(H,24,28). The third-order valence-electron chi connectivity index (χ3n) is 4.53. The molecule has 1 amide bonds. The predicted molar refractivity (Wildman–Crippen MR) is 127 cm³/mol. The van der Waals surface area contributed by atoms with Crippen LogP contribution in [0.4, 0.5) is 5.69 Å².